The Hall–Kier alpha value is -2.78. The van der Waals surface area contributed by atoms with E-state index in [0.717, 1.165) is 16.9 Å². The first-order chi connectivity index (χ1) is 8.72. The number of nitrogens with zero attached hydrogens (tertiary/aromatic N) is 2. The number of hydrogen-bond acceptors (Lipinski definition) is 3. The van der Waals surface area contributed by atoms with Crippen LogP contribution in [0.4, 0.5) is 11.4 Å². The van der Waals surface area contributed by atoms with Crippen molar-refractivity contribution >= 4 is 11.4 Å². The van der Waals surface area contributed by atoms with Gasteiger partial charge >= 0.3 is 0 Å². The molecule has 0 saturated carbocycles. The van der Waals surface area contributed by atoms with Gasteiger partial charge in [-0.15, -0.1) is 0 Å². The lowest BCUT2D eigenvalue weighted by molar-refractivity contribution is 1.39. The van der Waals surface area contributed by atoms with Crippen LogP contribution in [0.5, 0.6) is 0 Å². The van der Waals surface area contributed by atoms with Gasteiger partial charge in [0.15, 0.2) is 0 Å². The highest BCUT2D eigenvalue weighted by Crippen LogP contribution is 2.21. The maximum Gasteiger partial charge on any atom is 0.0992 e. The van der Waals surface area contributed by atoms with Crippen LogP contribution in [-0.4, -0.2) is 0 Å². The third-order valence-electron chi connectivity index (χ3n) is 2.63. The molecule has 0 unspecified atom stereocenters. The fourth-order valence-corrected chi connectivity index (χ4v) is 1.70. The monoisotopic (exact) mass is 233 g/mol. The van der Waals surface area contributed by atoms with Crippen molar-refractivity contribution in [2.24, 2.45) is 0 Å². The molecule has 0 bridgehead atoms. The normalized spacial score (nSPS) is 9.28. The van der Waals surface area contributed by atoms with Gasteiger partial charge in [0.25, 0.3) is 0 Å². The molecule has 0 fully saturated rings. The minimum absolute atomic E-state index is 0.617. The number of nitriles is 2. The summed E-state index contributed by atoms with van der Waals surface area (Å²) in [4.78, 5) is 0. The summed E-state index contributed by atoms with van der Waals surface area (Å²) in [5.74, 6) is 0. The van der Waals surface area contributed by atoms with Crippen LogP contribution in [0.15, 0.2) is 42.5 Å². The average molecular weight is 233 g/mol. The van der Waals surface area contributed by atoms with Gasteiger partial charge in [-0.3, -0.25) is 0 Å². The van der Waals surface area contributed by atoms with Gasteiger partial charge in [0.1, 0.15) is 0 Å². The van der Waals surface area contributed by atoms with Gasteiger partial charge in [-0.05, 0) is 48.9 Å². The van der Waals surface area contributed by atoms with Crippen LogP contribution < -0.4 is 5.32 Å². The molecule has 1 N–H and O–H groups in total. The molecule has 2 aromatic carbocycles. The van der Waals surface area contributed by atoms with Crippen LogP contribution in [0.3, 0.4) is 0 Å². The third kappa shape index (κ3) is 2.48. The van der Waals surface area contributed by atoms with Gasteiger partial charge in [-0.1, -0.05) is 6.07 Å². The van der Waals surface area contributed by atoms with E-state index in [1.807, 2.05) is 31.2 Å². The Bertz CT molecular complexity index is 660. The molecule has 3 heteroatoms. The Morgan fingerprint density at radius 1 is 0.944 bits per heavy atom. The summed E-state index contributed by atoms with van der Waals surface area (Å²) in [5, 5.41) is 20.9. The van der Waals surface area contributed by atoms with Gasteiger partial charge in [0.2, 0.25) is 0 Å². The van der Waals surface area contributed by atoms with Crippen molar-refractivity contribution in [2.75, 3.05) is 5.32 Å². The van der Waals surface area contributed by atoms with Crippen LogP contribution in [-0.2, 0) is 0 Å². The minimum atomic E-state index is 0.617. The van der Waals surface area contributed by atoms with Crippen molar-refractivity contribution in [2.45, 2.75) is 6.92 Å². The predicted molar refractivity (Wildman–Crippen MR) is 70.3 cm³/mol. The number of nitrogens with one attached hydrogen (secondary N) is 1. The summed E-state index contributed by atoms with van der Waals surface area (Å²) in [5.41, 5.74) is 4.05. The Morgan fingerprint density at radius 2 is 1.67 bits per heavy atom. The van der Waals surface area contributed by atoms with Crippen LogP contribution in [0, 0.1) is 29.6 Å². The van der Waals surface area contributed by atoms with Gasteiger partial charge in [-0.2, -0.15) is 10.5 Å². The van der Waals surface area contributed by atoms with E-state index in [0.29, 0.717) is 11.1 Å². The molecule has 0 saturated heterocycles. The van der Waals surface area contributed by atoms with Crippen molar-refractivity contribution in [1.29, 1.82) is 10.5 Å². The van der Waals surface area contributed by atoms with Crippen LogP contribution >= 0.6 is 0 Å². The molecule has 0 aromatic heterocycles. The van der Waals surface area contributed by atoms with E-state index in [4.69, 9.17) is 10.5 Å². The molecule has 2 aromatic rings. The number of benzene rings is 2. The maximum absolute atomic E-state index is 8.84. The van der Waals surface area contributed by atoms with Crippen molar-refractivity contribution in [3.63, 3.8) is 0 Å². The van der Waals surface area contributed by atoms with Gasteiger partial charge in [0, 0.05) is 11.4 Å². The molecule has 18 heavy (non-hydrogen) atoms. The molecule has 0 radical (unpaired) electrons. The fourth-order valence-electron chi connectivity index (χ4n) is 1.70. The second-order valence-corrected chi connectivity index (χ2v) is 3.96. The maximum atomic E-state index is 8.84. The van der Waals surface area contributed by atoms with Crippen LogP contribution in [0.2, 0.25) is 0 Å². The highest BCUT2D eigenvalue weighted by atomic mass is 14.9. The van der Waals surface area contributed by atoms with Crippen molar-refractivity contribution < 1.29 is 0 Å². The zero-order valence-corrected chi connectivity index (χ0v) is 9.94. The molecule has 0 atom stereocenters. The third-order valence-corrected chi connectivity index (χ3v) is 2.63. The SMILES string of the molecule is Cc1cc(C#N)ccc1Nc1cccc(C#N)c1. The first-order valence-corrected chi connectivity index (χ1v) is 5.51. The second kappa shape index (κ2) is 5.03. The Labute approximate surface area is 106 Å². The van der Waals surface area contributed by atoms with E-state index in [2.05, 4.69) is 17.5 Å². The zero-order valence-electron chi connectivity index (χ0n) is 9.94. The molecule has 0 heterocycles. The Morgan fingerprint density at radius 3 is 2.33 bits per heavy atom. The Balaban J connectivity index is 2.29. The number of hydrogen-bond donors (Lipinski definition) is 1. The molecular weight excluding hydrogens is 222 g/mol. The lowest BCUT2D eigenvalue weighted by atomic mass is 10.1. The van der Waals surface area contributed by atoms with E-state index < -0.39 is 0 Å². The summed E-state index contributed by atoms with van der Waals surface area (Å²) in [6.45, 7) is 1.94. The molecule has 0 aliphatic heterocycles. The van der Waals surface area contributed by atoms with E-state index in [1.165, 1.54) is 0 Å². The van der Waals surface area contributed by atoms with Gasteiger partial charge < -0.3 is 5.32 Å². The first-order valence-electron chi connectivity index (χ1n) is 5.51. The smallest absolute Gasteiger partial charge is 0.0992 e. The summed E-state index contributed by atoms with van der Waals surface area (Å²) < 4.78 is 0. The predicted octanol–water partition coefficient (Wildman–Crippen LogP) is 3.48. The number of anilines is 2. The first kappa shape index (κ1) is 11.7. The summed E-state index contributed by atoms with van der Waals surface area (Å²) in [7, 11) is 0. The van der Waals surface area contributed by atoms with Crippen molar-refractivity contribution in [3.05, 3.63) is 59.2 Å². The van der Waals surface area contributed by atoms with Crippen molar-refractivity contribution in [1.82, 2.24) is 0 Å². The van der Waals surface area contributed by atoms with Gasteiger partial charge in [-0.25, -0.2) is 0 Å². The highest BCUT2D eigenvalue weighted by Gasteiger charge is 2.01. The van der Waals surface area contributed by atoms with E-state index in [-0.39, 0.29) is 0 Å². The molecule has 0 amide bonds. The van der Waals surface area contributed by atoms with Gasteiger partial charge in [0.05, 0.1) is 23.3 Å². The van der Waals surface area contributed by atoms with E-state index >= 15 is 0 Å². The summed E-state index contributed by atoms with van der Waals surface area (Å²) in [6, 6.07) is 17.0. The Kier molecular flexibility index (Phi) is 3.27. The highest BCUT2D eigenvalue weighted by molar-refractivity contribution is 5.65. The topological polar surface area (TPSA) is 59.6 Å². The molecule has 0 spiro atoms. The van der Waals surface area contributed by atoms with Crippen LogP contribution in [0.1, 0.15) is 16.7 Å². The summed E-state index contributed by atoms with van der Waals surface area (Å²) in [6.07, 6.45) is 0. The molecule has 0 aliphatic carbocycles. The lowest BCUT2D eigenvalue weighted by Gasteiger charge is -2.09. The minimum Gasteiger partial charge on any atom is -0.355 e. The standard InChI is InChI=1S/C15H11N3/c1-11-7-13(10-17)5-6-15(11)18-14-4-2-3-12(8-14)9-16/h2-8,18H,1H3. The average Bonchev–Trinajstić information content (AvgIpc) is 2.41. The van der Waals surface area contributed by atoms with Crippen molar-refractivity contribution in [3.8, 4) is 12.1 Å². The fraction of sp³-hybridized carbons (Fsp3) is 0.0667. The molecule has 3 nitrogen and oxygen atoms in total. The lowest BCUT2D eigenvalue weighted by Crippen LogP contribution is -1.94. The second-order valence-electron chi connectivity index (χ2n) is 3.96. The zero-order chi connectivity index (χ0) is 13.0. The van der Waals surface area contributed by atoms with E-state index in [9.17, 15) is 0 Å². The molecule has 86 valence electrons. The van der Waals surface area contributed by atoms with E-state index in [1.54, 1.807) is 18.2 Å². The number of aryl methyl sites for hydroxylation is 1. The quantitative estimate of drug-likeness (QED) is 0.863. The molecule has 0 aliphatic rings. The van der Waals surface area contributed by atoms with Crippen LogP contribution in [0.25, 0.3) is 0 Å². The number of rotatable bonds is 2. The largest absolute Gasteiger partial charge is 0.355 e. The summed E-state index contributed by atoms with van der Waals surface area (Å²) >= 11 is 0. The molecular formula is C15H11N3. The molecule has 2 rings (SSSR count).